The zero-order valence-corrected chi connectivity index (χ0v) is 19.8. The van der Waals surface area contributed by atoms with Crippen LogP contribution in [0.5, 0.6) is 0 Å². The minimum absolute atomic E-state index is 0.0180. The Morgan fingerprint density at radius 3 is 2.44 bits per heavy atom. The molecule has 0 bridgehead atoms. The lowest BCUT2D eigenvalue weighted by atomic mass is 10.1. The fourth-order valence-corrected chi connectivity index (χ4v) is 5.71. The molecule has 1 aliphatic carbocycles. The smallest absolute Gasteiger partial charge is 0.253 e. The van der Waals surface area contributed by atoms with Gasteiger partial charge in [0.25, 0.3) is 5.91 Å². The van der Waals surface area contributed by atoms with Crippen molar-refractivity contribution in [3.05, 3.63) is 63.1 Å². The van der Waals surface area contributed by atoms with Crippen LogP contribution in [-0.4, -0.2) is 51.6 Å². The van der Waals surface area contributed by atoms with E-state index < -0.39 is 15.9 Å². The first-order valence-electron chi connectivity index (χ1n) is 10.5. The summed E-state index contributed by atoms with van der Waals surface area (Å²) in [5, 5.41) is 2.94. The predicted octanol–water partition coefficient (Wildman–Crippen LogP) is 3.20. The van der Waals surface area contributed by atoms with Gasteiger partial charge in [-0.15, -0.1) is 0 Å². The Morgan fingerprint density at radius 2 is 1.75 bits per heavy atom. The molecule has 1 amide bonds. The van der Waals surface area contributed by atoms with Gasteiger partial charge in [0.15, 0.2) is 0 Å². The molecule has 1 aliphatic heterocycles. The van der Waals surface area contributed by atoms with Crippen molar-refractivity contribution in [2.24, 2.45) is 0 Å². The maximum absolute atomic E-state index is 12.9. The van der Waals surface area contributed by atoms with Crippen molar-refractivity contribution in [2.75, 3.05) is 26.3 Å². The quantitative estimate of drug-likeness (QED) is 0.584. The zero-order chi connectivity index (χ0) is 22.7. The number of ether oxygens (including phenoxy) is 1. The molecular formula is C22H25Cl2N3O4S. The molecule has 2 aromatic rings. The normalized spacial score (nSPS) is 17.3. The molecular weight excluding hydrogens is 473 g/mol. The van der Waals surface area contributed by atoms with Gasteiger partial charge in [-0.3, -0.25) is 9.69 Å². The van der Waals surface area contributed by atoms with E-state index in [0.29, 0.717) is 6.54 Å². The third-order valence-electron chi connectivity index (χ3n) is 5.51. The minimum Gasteiger partial charge on any atom is -0.379 e. The van der Waals surface area contributed by atoms with E-state index in [9.17, 15) is 13.2 Å². The van der Waals surface area contributed by atoms with E-state index in [0.717, 1.165) is 56.8 Å². The highest BCUT2D eigenvalue weighted by Gasteiger charge is 2.30. The van der Waals surface area contributed by atoms with Gasteiger partial charge in [-0.1, -0.05) is 47.5 Å². The molecule has 0 radical (unpaired) electrons. The van der Waals surface area contributed by atoms with Crippen LogP contribution in [0.2, 0.25) is 10.0 Å². The molecule has 2 N–H and O–H groups in total. The van der Waals surface area contributed by atoms with Crippen LogP contribution in [0, 0.1) is 0 Å². The molecule has 2 fully saturated rings. The van der Waals surface area contributed by atoms with Gasteiger partial charge in [0.05, 0.1) is 28.8 Å². The first-order valence-corrected chi connectivity index (χ1v) is 12.7. The summed E-state index contributed by atoms with van der Waals surface area (Å²) in [5.41, 5.74) is 2.17. The van der Waals surface area contributed by atoms with E-state index in [1.54, 1.807) is 0 Å². The Balaban J connectivity index is 1.48. The number of nitrogens with one attached hydrogen (secondary N) is 2. The Bertz CT molecular complexity index is 1100. The topological polar surface area (TPSA) is 87.7 Å². The van der Waals surface area contributed by atoms with Crippen molar-refractivity contribution in [3.63, 3.8) is 0 Å². The van der Waals surface area contributed by atoms with Crippen LogP contribution in [0.15, 0.2) is 41.3 Å². The highest BCUT2D eigenvalue weighted by atomic mass is 35.5. The van der Waals surface area contributed by atoms with Crippen molar-refractivity contribution < 1.29 is 17.9 Å². The summed E-state index contributed by atoms with van der Waals surface area (Å²) < 4.78 is 33.2. The highest BCUT2D eigenvalue weighted by molar-refractivity contribution is 7.89. The van der Waals surface area contributed by atoms with Gasteiger partial charge in [-0.25, -0.2) is 13.1 Å². The number of carbonyl (C=O) groups excluding carboxylic acids is 1. The van der Waals surface area contributed by atoms with Crippen molar-refractivity contribution in [2.45, 2.75) is 36.9 Å². The van der Waals surface area contributed by atoms with Gasteiger partial charge in [-0.05, 0) is 36.1 Å². The largest absolute Gasteiger partial charge is 0.379 e. The Morgan fingerprint density at radius 1 is 1.06 bits per heavy atom. The number of nitrogens with zero attached hydrogens (tertiary/aromatic N) is 1. The number of rotatable bonds is 8. The van der Waals surface area contributed by atoms with Gasteiger partial charge in [0, 0.05) is 32.2 Å². The SMILES string of the molecule is O=C(NCc1ccccc1CN1CCOCC1)c1cc(S(=O)(=O)NC2CC2)c(Cl)cc1Cl. The lowest BCUT2D eigenvalue weighted by molar-refractivity contribution is 0.0340. The highest BCUT2D eigenvalue weighted by Crippen LogP contribution is 2.30. The second-order valence-electron chi connectivity index (χ2n) is 8.00. The van der Waals surface area contributed by atoms with Crippen molar-refractivity contribution in [3.8, 4) is 0 Å². The number of hydrogen-bond acceptors (Lipinski definition) is 5. The van der Waals surface area contributed by atoms with Crippen LogP contribution < -0.4 is 10.0 Å². The van der Waals surface area contributed by atoms with Crippen molar-refractivity contribution in [1.82, 2.24) is 14.9 Å². The van der Waals surface area contributed by atoms with Gasteiger partial charge in [0.1, 0.15) is 4.90 Å². The van der Waals surface area contributed by atoms with Gasteiger partial charge >= 0.3 is 0 Å². The molecule has 0 aromatic heterocycles. The summed E-state index contributed by atoms with van der Waals surface area (Å²) in [7, 11) is -3.83. The van der Waals surface area contributed by atoms with E-state index in [-0.39, 0.29) is 26.5 Å². The summed E-state index contributed by atoms with van der Waals surface area (Å²) >= 11 is 12.4. The third-order valence-corrected chi connectivity index (χ3v) is 7.81. The van der Waals surface area contributed by atoms with Gasteiger partial charge < -0.3 is 10.1 Å². The van der Waals surface area contributed by atoms with Crippen LogP contribution in [0.25, 0.3) is 0 Å². The van der Waals surface area contributed by atoms with Crippen LogP contribution >= 0.6 is 23.2 Å². The molecule has 2 aromatic carbocycles. The monoisotopic (exact) mass is 497 g/mol. The van der Waals surface area contributed by atoms with Gasteiger partial charge in [-0.2, -0.15) is 0 Å². The molecule has 1 saturated carbocycles. The maximum atomic E-state index is 12.9. The lowest BCUT2D eigenvalue weighted by Crippen LogP contribution is -2.36. The molecule has 2 aliphatic rings. The fourth-order valence-electron chi connectivity index (χ4n) is 3.55. The Labute approximate surface area is 198 Å². The number of morpholine rings is 1. The fraction of sp³-hybridized carbons (Fsp3) is 0.409. The Kier molecular flexibility index (Phi) is 7.39. The molecule has 0 spiro atoms. The Hall–Kier alpha value is -1.68. The van der Waals surface area contributed by atoms with Crippen molar-refractivity contribution >= 4 is 39.1 Å². The van der Waals surface area contributed by atoms with E-state index >= 15 is 0 Å². The van der Waals surface area contributed by atoms with E-state index in [1.807, 2.05) is 24.3 Å². The summed E-state index contributed by atoms with van der Waals surface area (Å²) in [6.45, 7) is 4.23. The van der Waals surface area contributed by atoms with E-state index in [4.69, 9.17) is 27.9 Å². The average molecular weight is 498 g/mol. The maximum Gasteiger partial charge on any atom is 0.253 e. The molecule has 7 nitrogen and oxygen atoms in total. The number of carbonyl (C=O) groups is 1. The first kappa shape index (κ1) is 23.5. The van der Waals surface area contributed by atoms with Crippen LogP contribution in [0.1, 0.15) is 34.3 Å². The lowest BCUT2D eigenvalue weighted by Gasteiger charge is -2.27. The summed E-state index contributed by atoms with van der Waals surface area (Å²) in [5.74, 6) is -0.462. The number of hydrogen-bond donors (Lipinski definition) is 2. The predicted molar refractivity (Wildman–Crippen MR) is 124 cm³/mol. The van der Waals surface area contributed by atoms with Gasteiger partial charge in [0.2, 0.25) is 10.0 Å². The molecule has 1 saturated heterocycles. The molecule has 32 heavy (non-hydrogen) atoms. The molecule has 1 heterocycles. The summed E-state index contributed by atoms with van der Waals surface area (Å²) in [6.07, 6.45) is 1.59. The average Bonchev–Trinajstić information content (AvgIpc) is 3.57. The first-order chi connectivity index (χ1) is 15.3. The molecule has 4 rings (SSSR count). The molecule has 0 unspecified atom stereocenters. The summed E-state index contributed by atoms with van der Waals surface area (Å²) in [6, 6.07) is 10.4. The van der Waals surface area contributed by atoms with Crippen LogP contribution in [-0.2, 0) is 27.8 Å². The molecule has 0 atom stereocenters. The number of amides is 1. The number of sulfonamides is 1. The number of benzene rings is 2. The standard InChI is InChI=1S/C22H25Cl2N3O4S/c23-19-12-20(24)21(32(29,30)26-17-5-6-17)11-18(19)22(28)25-13-15-3-1-2-4-16(15)14-27-7-9-31-10-8-27/h1-4,11-12,17,26H,5-10,13-14H2,(H,25,28). The summed E-state index contributed by atoms with van der Waals surface area (Å²) in [4.78, 5) is 15.0. The van der Waals surface area contributed by atoms with Crippen LogP contribution in [0.3, 0.4) is 0 Å². The minimum atomic E-state index is -3.83. The zero-order valence-electron chi connectivity index (χ0n) is 17.4. The second-order valence-corrected chi connectivity index (χ2v) is 10.5. The molecule has 172 valence electrons. The second kappa shape index (κ2) is 10.1. The molecule has 10 heteroatoms. The number of halogens is 2. The third kappa shape index (κ3) is 5.81. The van der Waals surface area contributed by atoms with Crippen molar-refractivity contribution in [1.29, 1.82) is 0 Å². The van der Waals surface area contributed by atoms with Crippen LogP contribution in [0.4, 0.5) is 0 Å². The van der Waals surface area contributed by atoms with E-state index in [2.05, 4.69) is 14.9 Å². The van der Waals surface area contributed by atoms with E-state index in [1.165, 1.54) is 12.1 Å².